The first kappa shape index (κ1) is 14.5. The first-order valence-electron chi connectivity index (χ1n) is 7.65. The Balaban J connectivity index is 1.76. The first-order chi connectivity index (χ1) is 9.16. The Hall–Kier alpha value is -0.860. The summed E-state index contributed by atoms with van der Waals surface area (Å²) in [6.07, 6.45) is 4.03. The molecule has 1 aliphatic heterocycles. The lowest BCUT2D eigenvalue weighted by atomic mass is 9.94. The Morgan fingerprint density at radius 3 is 2.37 bits per heavy atom. The summed E-state index contributed by atoms with van der Waals surface area (Å²) in [4.78, 5) is 0. The summed E-state index contributed by atoms with van der Waals surface area (Å²) in [6, 6.07) is 4.58. The predicted octanol–water partition coefficient (Wildman–Crippen LogP) is 3.09. The molecule has 1 aromatic carbocycles. The molecule has 1 aromatic rings. The SMILES string of the molecule is Cc1cc(C)c(CNCCC2CCNCC2)c(C)c1. The van der Waals surface area contributed by atoms with E-state index >= 15 is 0 Å². The Kier molecular flexibility index (Phi) is 5.41. The van der Waals surface area contributed by atoms with E-state index < -0.39 is 0 Å². The monoisotopic (exact) mass is 260 g/mol. The van der Waals surface area contributed by atoms with Gasteiger partial charge in [0.25, 0.3) is 0 Å². The molecular formula is C17H28N2. The fourth-order valence-corrected chi connectivity index (χ4v) is 3.18. The van der Waals surface area contributed by atoms with Gasteiger partial charge in [0, 0.05) is 6.54 Å². The van der Waals surface area contributed by atoms with Crippen LogP contribution in [0, 0.1) is 26.7 Å². The Morgan fingerprint density at radius 1 is 1.11 bits per heavy atom. The van der Waals surface area contributed by atoms with Gasteiger partial charge >= 0.3 is 0 Å². The van der Waals surface area contributed by atoms with Crippen LogP contribution in [-0.4, -0.2) is 19.6 Å². The molecule has 0 unspecified atom stereocenters. The summed E-state index contributed by atoms with van der Waals surface area (Å²) >= 11 is 0. The van der Waals surface area contributed by atoms with Gasteiger partial charge in [0.05, 0.1) is 0 Å². The van der Waals surface area contributed by atoms with Crippen molar-refractivity contribution in [2.75, 3.05) is 19.6 Å². The lowest BCUT2D eigenvalue weighted by Crippen LogP contribution is -2.29. The van der Waals surface area contributed by atoms with Gasteiger partial charge < -0.3 is 10.6 Å². The van der Waals surface area contributed by atoms with Crippen LogP contribution >= 0.6 is 0 Å². The third-order valence-electron chi connectivity index (χ3n) is 4.33. The highest BCUT2D eigenvalue weighted by molar-refractivity contribution is 5.37. The molecule has 2 rings (SSSR count). The second kappa shape index (κ2) is 7.06. The lowest BCUT2D eigenvalue weighted by Gasteiger charge is -2.22. The van der Waals surface area contributed by atoms with Crippen molar-refractivity contribution in [3.63, 3.8) is 0 Å². The van der Waals surface area contributed by atoms with Crippen molar-refractivity contribution < 1.29 is 0 Å². The highest BCUT2D eigenvalue weighted by Gasteiger charge is 2.12. The van der Waals surface area contributed by atoms with Crippen LogP contribution in [0.4, 0.5) is 0 Å². The molecule has 1 saturated heterocycles. The van der Waals surface area contributed by atoms with E-state index in [4.69, 9.17) is 0 Å². The summed E-state index contributed by atoms with van der Waals surface area (Å²) in [5.74, 6) is 0.925. The zero-order valence-electron chi connectivity index (χ0n) is 12.7. The van der Waals surface area contributed by atoms with E-state index in [2.05, 4.69) is 43.5 Å². The standard InChI is InChI=1S/C17H28N2/c1-13-10-14(2)17(15(3)11-13)12-19-9-6-16-4-7-18-8-5-16/h10-11,16,18-19H,4-9,12H2,1-3H3. The van der Waals surface area contributed by atoms with E-state index in [0.717, 1.165) is 19.0 Å². The Labute approximate surface area is 118 Å². The van der Waals surface area contributed by atoms with Gasteiger partial charge in [-0.05, 0) is 82.3 Å². The van der Waals surface area contributed by atoms with Crippen LogP contribution in [0.3, 0.4) is 0 Å². The normalized spacial score (nSPS) is 16.8. The molecule has 19 heavy (non-hydrogen) atoms. The number of rotatable bonds is 5. The average Bonchev–Trinajstić information content (AvgIpc) is 2.38. The molecule has 0 spiro atoms. The molecule has 0 aliphatic carbocycles. The van der Waals surface area contributed by atoms with E-state index in [9.17, 15) is 0 Å². The van der Waals surface area contributed by atoms with Gasteiger partial charge in [0.2, 0.25) is 0 Å². The third-order valence-corrected chi connectivity index (χ3v) is 4.33. The zero-order chi connectivity index (χ0) is 13.7. The molecule has 2 heteroatoms. The van der Waals surface area contributed by atoms with E-state index in [0.29, 0.717) is 0 Å². The van der Waals surface area contributed by atoms with Crippen LogP contribution in [0.25, 0.3) is 0 Å². The molecule has 1 aliphatic rings. The van der Waals surface area contributed by atoms with Gasteiger partial charge in [-0.15, -0.1) is 0 Å². The van der Waals surface area contributed by atoms with Crippen LogP contribution < -0.4 is 10.6 Å². The zero-order valence-corrected chi connectivity index (χ0v) is 12.7. The van der Waals surface area contributed by atoms with Crippen LogP contribution in [0.5, 0.6) is 0 Å². The summed E-state index contributed by atoms with van der Waals surface area (Å²) in [6.45, 7) is 11.2. The van der Waals surface area contributed by atoms with Gasteiger partial charge in [-0.2, -0.15) is 0 Å². The highest BCUT2D eigenvalue weighted by atomic mass is 14.9. The minimum Gasteiger partial charge on any atom is -0.317 e. The second-order valence-corrected chi connectivity index (χ2v) is 6.04. The maximum Gasteiger partial charge on any atom is 0.0210 e. The summed E-state index contributed by atoms with van der Waals surface area (Å²) in [7, 11) is 0. The van der Waals surface area contributed by atoms with Gasteiger partial charge in [0.15, 0.2) is 0 Å². The van der Waals surface area contributed by atoms with Crippen LogP contribution in [-0.2, 0) is 6.54 Å². The lowest BCUT2D eigenvalue weighted by molar-refractivity contribution is 0.348. The molecule has 1 fully saturated rings. The Bertz CT molecular complexity index is 383. The molecule has 2 nitrogen and oxygen atoms in total. The van der Waals surface area contributed by atoms with Crippen molar-refractivity contribution >= 4 is 0 Å². The van der Waals surface area contributed by atoms with Gasteiger partial charge in [-0.3, -0.25) is 0 Å². The summed E-state index contributed by atoms with van der Waals surface area (Å²) in [5.41, 5.74) is 5.70. The number of benzene rings is 1. The van der Waals surface area contributed by atoms with Crippen molar-refractivity contribution in [3.05, 3.63) is 34.4 Å². The van der Waals surface area contributed by atoms with Crippen molar-refractivity contribution in [3.8, 4) is 0 Å². The topological polar surface area (TPSA) is 24.1 Å². The van der Waals surface area contributed by atoms with Crippen molar-refractivity contribution in [2.24, 2.45) is 5.92 Å². The van der Waals surface area contributed by atoms with Gasteiger partial charge in [-0.25, -0.2) is 0 Å². The maximum atomic E-state index is 3.63. The van der Waals surface area contributed by atoms with Crippen LogP contribution in [0.2, 0.25) is 0 Å². The predicted molar refractivity (Wildman–Crippen MR) is 82.6 cm³/mol. The number of piperidine rings is 1. The fourth-order valence-electron chi connectivity index (χ4n) is 3.18. The maximum absolute atomic E-state index is 3.63. The largest absolute Gasteiger partial charge is 0.317 e. The van der Waals surface area contributed by atoms with Crippen molar-refractivity contribution in [1.29, 1.82) is 0 Å². The first-order valence-corrected chi connectivity index (χ1v) is 7.65. The number of hydrogen-bond donors (Lipinski definition) is 2. The highest BCUT2D eigenvalue weighted by Crippen LogP contribution is 2.17. The van der Waals surface area contributed by atoms with Crippen molar-refractivity contribution in [1.82, 2.24) is 10.6 Å². The van der Waals surface area contributed by atoms with Crippen LogP contribution in [0.15, 0.2) is 12.1 Å². The molecule has 0 aromatic heterocycles. The molecule has 0 saturated carbocycles. The third kappa shape index (κ3) is 4.32. The molecule has 0 atom stereocenters. The Morgan fingerprint density at radius 2 is 1.74 bits per heavy atom. The van der Waals surface area contributed by atoms with E-state index in [1.807, 2.05) is 0 Å². The van der Waals surface area contributed by atoms with Gasteiger partial charge in [-0.1, -0.05) is 17.7 Å². The smallest absolute Gasteiger partial charge is 0.0210 e. The van der Waals surface area contributed by atoms with E-state index in [1.165, 1.54) is 54.6 Å². The van der Waals surface area contributed by atoms with Crippen molar-refractivity contribution in [2.45, 2.75) is 46.6 Å². The van der Waals surface area contributed by atoms with E-state index in [-0.39, 0.29) is 0 Å². The number of hydrogen-bond acceptors (Lipinski definition) is 2. The van der Waals surface area contributed by atoms with Crippen LogP contribution in [0.1, 0.15) is 41.5 Å². The quantitative estimate of drug-likeness (QED) is 0.795. The number of aryl methyl sites for hydroxylation is 3. The van der Waals surface area contributed by atoms with Gasteiger partial charge in [0.1, 0.15) is 0 Å². The average molecular weight is 260 g/mol. The molecule has 0 bridgehead atoms. The molecule has 0 radical (unpaired) electrons. The minimum atomic E-state index is 0.925. The second-order valence-electron chi connectivity index (χ2n) is 6.04. The fraction of sp³-hybridized carbons (Fsp3) is 0.647. The molecule has 106 valence electrons. The molecule has 2 N–H and O–H groups in total. The summed E-state index contributed by atoms with van der Waals surface area (Å²) in [5, 5.41) is 7.06. The molecule has 1 heterocycles. The molecule has 0 amide bonds. The minimum absolute atomic E-state index is 0.925. The molecular weight excluding hydrogens is 232 g/mol. The summed E-state index contributed by atoms with van der Waals surface area (Å²) < 4.78 is 0. The van der Waals surface area contributed by atoms with E-state index in [1.54, 1.807) is 0 Å². The number of nitrogens with one attached hydrogen (secondary N) is 2.